The molecule has 0 unspecified atom stereocenters. The van der Waals surface area contributed by atoms with Crippen LogP contribution in [0.3, 0.4) is 0 Å². The van der Waals surface area contributed by atoms with Crippen molar-refractivity contribution >= 4 is 23.0 Å². The second kappa shape index (κ2) is 8.39. The van der Waals surface area contributed by atoms with Crippen molar-refractivity contribution in [2.24, 2.45) is 5.11 Å². The predicted molar refractivity (Wildman–Crippen MR) is 76.5 cm³/mol. The standard InChI is InChI=1S/C12H15N5O4/c13-16-15-9-5-6-10(11(8-9)17(20)21)14-7-3-1-2-4-12(18)19/h5-6,8,14H,1-4,7H2,(H,18,19). The van der Waals surface area contributed by atoms with Gasteiger partial charge in [0, 0.05) is 29.6 Å². The Kier molecular flexibility index (Phi) is 6.49. The van der Waals surface area contributed by atoms with E-state index < -0.39 is 10.9 Å². The van der Waals surface area contributed by atoms with Gasteiger partial charge in [-0.1, -0.05) is 17.6 Å². The minimum atomic E-state index is -0.827. The number of carboxylic acid groups (broad SMARTS) is 1. The summed E-state index contributed by atoms with van der Waals surface area (Å²) in [7, 11) is 0. The van der Waals surface area contributed by atoms with Crippen LogP contribution >= 0.6 is 0 Å². The Labute approximate surface area is 120 Å². The summed E-state index contributed by atoms with van der Waals surface area (Å²) < 4.78 is 0. The number of hydrogen-bond acceptors (Lipinski definition) is 5. The molecule has 0 fully saturated rings. The van der Waals surface area contributed by atoms with Crippen molar-refractivity contribution in [3.63, 3.8) is 0 Å². The van der Waals surface area contributed by atoms with Crippen molar-refractivity contribution in [3.05, 3.63) is 38.8 Å². The number of nitrogens with one attached hydrogen (secondary N) is 1. The van der Waals surface area contributed by atoms with Crippen LogP contribution in [0, 0.1) is 10.1 Å². The highest BCUT2D eigenvalue weighted by Crippen LogP contribution is 2.29. The first kappa shape index (κ1) is 16.3. The highest BCUT2D eigenvalue weighted by Gasteiger charge is 2.13. The number of unbranched alkanes of at least 4 members (excludes halogenated alkanes) is 2. The van der Waals surface area contributed by atoms with E-state index in [4.69, 9.17) is 10.6 Å². The number of benzene rings is 1. The van der Waals surface area contributed by atoms with Gasteiger partial charge in [-0.3, -0.25) is 14.9 Å². The molecule has 0 aliphatic rings. The van der Waals surface area contributed by atoms with E-state index in [1.54, 1.807) is 0 Å². The first-order chi connectivity index (χ1) is 10.0. The van der Waals surface area contributed by atoms with E-state index >= 15 is 0 Å². The van der Waals surface area contributed by atoms with E-state index in [1.807, 2.05) is 0 Å². The maximum Gasteiger partial charge on any atom is 0.303 e. The summed E-state index contributed by atoms with van der Waals surface area (Å²) in [4.78, 5) is 23.3. The maximum absolute atomic E-state index is 11.0. The van der Waals surface area contributed by atoms with Gasteiger partial charge in [-0.25, -0.2) is 0 Å². The van der Waals surface area contributed by atoms with Crippen molar-refractivity contribution in [1.82, 2.24) is 0 Å². The molecule has 1 aromatic carbocycles. The number of carbonyl (C=O) groups is 1. The van der Waals surface area contributed by atoms with Crippen LogP contribution in [0.4, 0.5) is 17.1 Å². The molecule has 0 saturated heterocycles. The zero-order valence-corrected chi connectivity index (χ0v) is 11.2. The molecule has 1 rings (SSSR count). The topological polar surface area (TPSA) is 141 Å². The monoisotopic (exact) mass is 293 g/mol. The minimum Gasteiger partial charge on any atom is -0.481 e. The first-order valence-corrected chi connectivity index (χ1v) is 6.34. The number of hydrogen-bond donors (Lipinski definition) is 2. The Morgan fingerprint density at radius 1 is 1.43 bits per heavy atom. The lowest BCUT2D eigenvalue weighted by atomic mass is 10.2. The lowest BCUT2D eigenvalue weighted by Crippen LogP contribution is -2.04. The lowest BCUT2D eigenvalue weighted by molar-refractivity contribution is -0.383. The normalized spacial score (nSPS) is 9.71. The summed E-state index contributed by atoms with van der Waals surface area (Å²) in [5.74, 6) is -0.827. The zero-order chi connectivity index (χ0) is 15.7. The second-order valence-electron chi connectivity index (χ2n) is 4.28. The van der Waals surface area contributed by atoms with Crippen LogP contribution in [0.1, 0.15) is 25.7 Å². The zero-order valence-electron chi connectivity index (χ0n) is 11.2. The third-order valence-corrected chi connectivity index (χ3v) is 2.72. The van der Waals surface area contributed by atoms with Gasteiger partial charge < -0.3 is 10.4 Å². The van der Waals surface area contributed by atoms with Gasteiger partial charge in [-0.05, 0) is 24.4 Å². The van der Waals surface area contributed by atoms with Gasteiger partial charge in [0.25, 0.3) is 5.69 Å². The molecule has 0 spiro atoms. The van der Waals surface area contributed by atoms with Gasteiger partial charge in [-0.2, -0.15) is 0 Å². The van der Waals surface area contributed by atoms with Crippen LogP contribution < -0.4 is 5.32 Å². The van der Waals surface area contributed by atoms with Crippen LogP contribution in [0.5, 0.6) is 0 Å². The number of anilines is 1. The highest BCUT2D eigenvalue weighted by molar-refractivity contribution is 5.67. The van der Waals surface area contributed by atoms with Crippen molar-refractivity contribution < 1.29 is 14.8 Å². The highest BCUT2D eigenvalue weighted by atomic mass is 16.6. The molecule has 0 aliphatic carbocycles. The number of azide groups is 1. The van der Waals surface area contributed by atoms with Gasteiger partial charge in [0.05, 0.1) is 4.92 Å². The number of aliphatic carboxylic acids is 1. The smallest absolute Gasteiger partial charge is 0.303 e. The Hall–Kier alpha value is -2.80. The number of carboxylic acids is 1. The predicted octanol–water partition coefficient (Wildman–Crippen LogP) is 3.59. The van der Waals surface area contributed by atoms with Gasteiger partial charge >= 0.3 is 5.97 Å². The molecule has 0 saturated carbocycles. The number of rotatable bonds is 9. The van der Waals surface area contributed by atoms with Crippen LogP contribution in [0.2, 0.25) is 0 Å². The fourth-order valence-corrected chi connectivity index (χ4v) is 1.74. The van der Waals surface area contributed by atoms with Crippen molar-refractivity contribution in [3.8, 4) is 0 Å². The summed E-state index contributed by atoms with van der Waals surface area (Å²) in [5, 5.41) is 25.7. The van der Waals surface area contributed by atoms with E-state index in [9.17, 15) is 14.9 Å². The number of nitrogens with zero attached hydrogens (tertiary/aromatic N) is 4. The quantitative estimate of drug-likeness (QED) is 0.179. The average Bonchev–Trinajstić information content (AvgIpc) is 2.43. The van der Waals surface area contributed by atoms with Crippen LogP contribution in [0.15, 0.2) is 23.3 Å². The van der Waals surface area contributed by atoms with E-state index in [2.05, 4.69) is 15.3 Å². The van der Waals surface area contributed by atoms with Crippen molar-refractivity contribution in [1.29, 1.82) is 0 Å². The molecule has 0 radical (unpaired) electrons. The fraction of sp³-hybridized carbons (Fsp3) is 0.417. The molecule has 21 heavy (non-hydrogen) atoms. The molecular weight excluding hydrogens is 278 g/mol. The van der Waals surface area contributed by atoms with E-state index in [1.165, 1.54) is 18.2 Å². The summed E-state index contributed by atoms with van der Waals surface area (Å²) in [6.45, 7) is 0.501. The third-order valence-electron chi connectivity index (χ3n) is 2.72. The Balaban J connectivity index is 2.56. The molecule has 0 heterocycles. The first-order valence-electron chi connectivity index (χ1n) is 6.34. The molecule has 2 N–H and O–H groups in total. The number of nitro benzene ring substituents is 1. The van der Waals surface area contributed by atoms with Crippen molar-refractivity contribution in [2.75, 3.05) is 11.9 Å². The molecular formula is C12H15N5O4. The van der Waals surface area contributed by atoms with Crippen LogP contribution in [-0.2, 0) is 4.79 Å². The molecule has 0 aliphatic heterocycles. The molecule has 9 heteroatoms. The molecule has 9 nitrogen and oxygen atoms in total. The Morgan fingerprint density at radius 3 is 2.81 bits per heavy atom. The van der Waals surface area contributed by atoms with Gasteiger partial charge in [0.2, 0.25) is 0 Å². The van der Waals surface area contributed by atoms with E-state index in [0.717, 1.165) is 6.42 Å². The fourth-order valence-electron chi connectivity index (χ4n) is 1.74. The number of nitro groups is 1. The Bertz CT molecular complexity index is 569. The average molecular weight is 293 g/mol. The molecule has 0 amide bonds. The van der Waals surface area contributed by atoms with Crippen LogP contribution in [-0.4, -0.2) is 22.5 Å². The molecule has 0 atom stereocenters. The van der Waals surface area contributed by atoms with Gasteiger partial charge in [0.1, 0.15) is 5.69 Å². The summed E-state index contributed by atoms with van der Waals surface area (Å²) in [6.07, 6.45) is 2.14. The molecule has 1 aromatic rings. The van der Waals surface area contributed by atoms with E-state index in [0.29, 0.717) is 25.1 Å². The maximum atomic E-state index is 11.0. The van der Waals surface area contributed by atoms with E-state index in [-0.39, 0.29) is 17.8 Å². The molecule has 0 bridgehead atoms. The summed E-state index contributed by atoms with van der Waals surface area (Å²) >= 11 is 0. The third kappa shape index (κ3) is 5.79. The summed E-state index contributed by atoms with van der Waals surface area (Å²) in [5.41, 5.74) is 8.67. The van der Waals surface area contributed by atoms with Crippen LogP contribution in [0.25, 0.3) is 10.4 Å². The lowest BCUT2D eigenvalue weighted by Gasteiger charge is -2.07. The largest absolute Gasteiger partial charge is 0.481 e. The molecule has 0 aromatic heterocycles. The second-order valence-corrected chi connectivity index (χ2v) is 4.28. The molecule has 112 valence electrons. The minimum absolute atomic E-state index is 0.126. The van der Waals surface area contributed by atoms with Gasteiger partial charge in [-0.15, -0.1) is 0 Å². The van der Waals surface area contributed by atoms with Crippen molar-refractivity contribution in [2.45, 2.75) is 25.7 Å². The summed E-state index contributed by atoms with van der Waals surface area (Å²) in [6, 6.07) is 4.17. The SMILES string of the molecule is [N-]=[N+]=Nc1ccc(NCCCCCC(=O)O)c([N+](=O)[O-])c1. The Morgan fingerprint density at radius 2 is 2.19 bits per heavy atom. The van der Waals surface area contributed by atoms with Gasteiger partial charge in [0.15, 0.2) is 0 Å².